The Morgan fingerprint density at radius 2 is 1.86 bits per heavy atom. The fourth-order valence-corrected chi connectivity index (χ4v) is 3.44. The molecule has 3 amide bonds. The minimum atomic E-state index is -0.451. The van der Waals surface area contributed by atoms with Crippen LogP contribution in [0.3, 0.4) is 0 Å². The van der Waals surface area contributed by atoms with E-state index in [1.165, 1.54) is 0 Å². The van der Waals surface area contributed by atoms with Crippen molar-refractivity contribution in [3.05, 3.63) is 59.7 Å². The predicted octanol–water partition coefficient (Wildman–Crippen LogP) is 2.88. The van der Waals surface area contributed by atoms with Crippen LogP contribution in [0.1, 0.15) is 35.2 Å². The fourth-order valence-electron chi connectivity index (χ4n) is 3.44. The second kappa shape index (κ2) is 7.46. The number of carbonyl (C=O) groups is 3. The number of anilines is 2. The summed E-state index contributed by atoms with van der Waals surface area (Å²) in [5, 5.41) is 5.79. The highest BCUT2D eigenvalue weighted by Crippen LogP contribution is 2.27. The lowest BCUT2D eigenvalue weighted by Crippen LogP contribution is -2.30. The minimum absolute atomic E-state index is 0.0643. The van der Waals surface area contributed by atoms with Gasteiger partial charge in [-0.1, -0.05) is 24.3 Å². The number of amides is 3. The van der Waals surface area contributed by atoms with Crippen molar-refractivity contribution in [3.8, 4) is 0 Å². The van der Waals surface area contributed by atoms with Gasteiger partial charge in [0.2, 0.25) is 11.8 Å². The fraction of sp³-hybridized carbons (Fsp3) is 0.318. The van der Waals surface area contributed by atoms with Crippen molar-refractivity contribution in [2.24, 2.45) is 5.92 Å². The number of nitrogens with zero attached hydrogens (tertiary/aromatic N) is 1. The van der Waals surface area contributed by atoms with Crippen LogP contribution in [0.15, 0.2) is 48.5 Å². The summed E-state index contributed by atoms with van der Waals surface area (Å²) >= 11 is 0. The molecule has 1 aliphatic heterocycles. The largest absolute Gasteiger partial charge is 0.349 e. The number of nitrogens with one attached hydrogen (secondary N) is 2. The van der Waals surface area contributed by atoms with Crippen molar-refractivity contribution in [1.82, 2.24) is 5.32 Å². The molecule has 0 aromatic heterocycles. The average molecular weight is 377 g/mol. The minimum Gasteiger partial charge on any atom is -0.349 e. The Labute approximate surface area is 163 Å². The zero-order valence-electron chi connectivity index (χ0n) is 15.8. The second-order valence-electron chi connectivity index (χ2n) is 7.53. The first kappa shape index (κ1) is 18.2. The van der Waals surface area contributed by atoms with Gasteiger partial charge < -0.3 is 15.5 Å². The SMILES string of the molecule is Cc1cccc(N2C[C@H](C(=O)Nc3ccccc3C(=O)NC3CC3)CC2=O)c1. The molecule has 4 rings (SSSR count). The summed E-state index contributed by atoms with van der Waals surface area (Å²) in [4.78, 5) is 39.3. The first-order valence-electron chi connectivity index (χ1n) is 9.59. The molecule has 0 spiro atoms. The molecule has 2 N–H and O–H groups in total. The Morgan fingerprint density at radius 1 is 1.07 bits per heavy atom. The highest BCUT2D eigenvalue weighted by molar-refractivity contribution is 6.07. The van der Waals surface area contributed by atoms with Crippen molar-refractivity contribution in [2.75, 3.05) is 16.8 Å². The lowest BCUT2D eigenvalue weighted by molar-refractivity contribution is -0.122. The lowest BCUT2D eigenvalue weighted by atomic mass is 10.1. The van der Waals surface area contributed by atoms with Crippen molar-refractivity contribution in [3.63, 3.8) is 0 Å². The van der Waals surface area contributed by atoms with Gasteiger partial charge >= 0.3 is 0 Å². The first-order chi connectivity index (χ1) is 13.5. The molecule has 144 valence electrons. The molecule has 0 radical (unpaired) electrons. The van der Waals surface area contributed by atoms with Crippen LogP contribution in [0.5, 0.6) is 0 Å². The monoisotopic (exact) mass is 377 g/mol. The number of para-hydroxylation sites is 1. The molecule has 1 atom stereocenters. The molecular formula is C22H23N3O3. The van der Waals surface area contributed by atoms with Crippen LogP contribution < -0.4 is 15.5 Å². The molecule has 6 nitrogen and oxygen atoms in total. The van der Waals surface area contributed by atoms with Crippen LogP contribution in [0.2, 0.25) is 0 Å². The van der Waals surface area contributed by atoms with E-state index in [9.17, 15) is 14.4 Å². The number of aryl methyl sites for hydroxylation is 1. The van der Waals surface area contributed by atoms with E-state index >= 15 is 0 Å². The third-order valence-electron chi connectivity index (χ3n) is 5.15. The number of rotatable bonds is 5. The highest BCUT2D eigenvalue weighted by atomic mass is 16.2. The second-order valence-corrected chi connectivity index (χ2v) is 7.53. The number of hydrogen-bond donors (Lipinski definition) is 2. The Bertz CT molecular complexity index is 936. The maximum atomic E-state index is 12.8. The van der Waals surface area contributed by atoms with Crippen molar-refractivity contribution in [2.45, 2.75) is 32.2 Å². The summed E-state index contributed by atoms with van der Waals surface area (Å²) in [5.41, 5.74) is 2.80. The molecule has 2 fully saturated rings. The summed E-state index contributed by atoms with van der Waals surface area (Å²) in [6.07, 6.45) is 2.16. The van der Waals surface area contributed by atoms with E-state index in [-0.39, 0.29) is 30.2 Å². The Kier molecular flexibility index (Phi) is 4.86. The van der Waals surface area contributed by atoms with E-state index in [0.717, 1.165) is 24.1 Å². The molecule has 1 saturated carbocycles. The van der Waals surface area contributed by atoms with Crippen molar-refractivity contribution >= 4 is 29.1 Å². The van der Waals surface area contributed by atoms with Gasteiger partial charge in [0.25, 0.3) is 5.91 Å². The molecule has 2 aromatic carbocycles. The van der Waals surface area contributed by atoms with Crippen LogP contribution in [-0.4, -0.2) is 30.3 Å². The normalized spacial score (nSPS) is 18.8. The van der Waals surface area contributed by atoms with Gasteiger partial charge in [-0.3, -0.25) is 14.4 Å². The van der Waals surface area contributed by atoms with Gasteiger partial charge in [0.15, 0.2) is 0 Å². The van der Waals surface area contributed by atoms with E-state index in [2.05, 4.69) is 10.6 Å². The molecule has 1 heterocycles. The summed E-state index contributed by atoms with van der Waals surface area (Å²) < 4.78 is 0. The third-order valence-corrected chi connectivity index (χ3v) is 5.15. The van der Waals surface area contributed by atoms with E-state index in [1.807, 2.05) is 31.2 Å². The number of benzene rings is 2. The van der Waals surface area contributed by atoms with E-state index in [4.69, 9.17) is 0 Å². The van der Waals surface area contributed by atoms with Crippen molar-refractivity contribution < 1.29 is 14.4 Å². The molecule has 0 unspecified atom stereocenters. The van der Waals surface area contributed by atoms with Crippen molar-refractivity contribution in [1.29, 1.82) is 0 Å². The molecule has 1 aliphatic carbocycles. The van der Waals surface area contributed by atoms with Crippen LogP contribution >= 0.6 is 0 Å². The summed E-state index contributed by atoms with van der Waals surface area (Å²) in [6.45, 7) is 2.31. The smallest absolute Gasteiger partial charge is 0.253 e. The third kappa shape index (κ3) is 3.91. The Hall–Kier alpha value is -3.15. The topological polar surface area (TPSA) is 78.5 Å². The van der Waals surface area contributed by atoms with E-state index < -0.39 is 5.92 Å². The standard InChI is InChI=1S/C22H23N3O3/c1-14-5-4-6-17(11-14)25-13-15(12-20(25)26)21(27)24-19-8-3-2-7-18(19)22(28)23-16-9-10-16/h2-8,11,15-16H,9-10,12-13H2,1H3,(H,23,28)(H,24,27)/t15-/m1/s1. The van der Waals surface area contributed by atoms with Gasteiger partial charge in [0, 0.05) is 24.7 Å². The summed E-state index contributed by atoms with van der Waals surface area (Å²) in [5.74, 6) is -0.935. The van der Waals surface area contributed by atoms with Crippen LogP contribution in [0, 0.1) is 12.8 Å². The van der Waals surface area contributed by atoms with E-state index in [0.29, 0.717) is 17.8 Å². The maximum absolute atomic E-state index is 12.8. The zero-order chi connectivity index (χ0) is 19.7. The van der Waals surface area contributed by atoms with Gasteiger partial charge in [0.1, 0.15) is 0 Å². The zero-order valence-corrected chi connectivity index (χ0v) is 15.8. The van der Waals surface area contributed by atoms with Crippen LogP contribution in [0.25, 0.3) is 0 Å². The average Bonchev–Trinajstić information content (AvgIpc) is 3.40. The van der Waals surface area contributed by atoms with Gasteiger partial charge in [-0.25, -0.2) is 0 Å². The molecule has 1 saturated heterocycles. The van der Waals surface area contributed by atoms with Crippen LogP contribution in [-0.2, 0) is 9.59 Å². The quantitative estimate of drug-likeness (QED) is 0.841. The Morgan fingerprint density at radius 3 is 2.61 bits per heavy atom. The first-order valence-corrected chi connectivity index (χ1v) is 9.59. The van der Waals surface area contributed by atoms with Gasteiger partial charge in [-0.05, 0) is 49.6 Å². The highest BCUT2D eigenvalue weighted by Gasteiger charge is 2.35. The van der Waals surface area contributed by atoms with Gasteiger partial charge in [0.05, 0.1) is 17.2 Å². The molecule has 0 bridgehead atoms. The predicted molar refractivity (Wildman–Crippen MR) is 107 cm³/mol. The molecule has 6 heteroatoms. The lowest BCUT2D eigenvalue weighted by Gasteiger charge is -2.17. The molecule has 2 aliphatic rings. The van der Waals surface area contributed by atoms with Gasteiger partial charge in [-0.2, -0.15) is 0 Å². The number of carbonyl (C=O) groups excluding carboxylic acids is 3. The van der Waals surface area contributed by atoms with Gasteiger partial charge in [-0.15, -0.1) is 0 Å². The van der Waals surface area contributed by atoms with Crippen LogP contribution in [0.4, 0.5) is 11.4 Å². The summed E-state index contributed by atoms with van der Waals surface area (Å²) in [7, 11) is 0. The number of hydrogen-bond acceptors (Lipinski definition) is 3. The Balaban J connectivity index is 1.46. The maximum Gasteiger partial charge on any atom is 0.253 e. The molecular weight excluding hydrogens is 354 g/mol. The van der Waals surface area contributed by atoms with E-state index in [1.54, 1.807) is 29.2 Å². The summed E-state index contributed by atoms with van der Waals surface area (Å²) in [6, 6.07) is 14.9. The molecule has 28 heavy (non-hydrogen) atoms. The molecule has 2 aromatic rings.